The fourth-order valence-electron chi connectivity index (χ4n) is 1.11. The Balaban J connectivity index is 3.75. The van der Waals surface area contributed by atoms with Crippen LogP contribution < -0.4 is 5.73 Å². The molecule has 4 heteroatoms. The maximum atomic E-state index is 8.46. The number of likely N-dealkylation sites (N-methyl/N-ethyl adjacent to an activating group) is 1. The lowest BCUT2D eigenvalue weighted by atomic mass is 10.2. The van der Waals surface area contributed by atoms with Crippen LogP contribution in [0.25, 0.3) is 0 Å². The fourth-order valence-corrected chi connectivity index (χ4v) is 1.11. The second-order valence-corrected chi connectivity index (χ2v) is 3.39. The highest BCUT2D eigenvalue weighted by atomic mass is 16.4. The molecule has 3 N–H and O–H groups in total. The number of rotatable bonds is 6. The third-order valence-corrected chi connectivity index (χ3v) is 2.32. The van der Waals surface area contributed by atoms with Crippen LogP contribution in [0.2, 0.25) is 0 Å². The highest BCUT2D eigenvalue weighted by Gasteiger charge is 2.12. The summed E-state index contributed by atoms with van der Waals surface area (Å²) in [7, 11) is 1.98. The minimum absolute atomic E-state index is 0.0156. The van der Waals surface area contributed by atoms with Gasteiger partial charge in [-0.15, -0.1) is 0 Å². The van der Waals surface area contributed by atoms with Gasteiger partial charge in [-0.05, 0) is 26.9 Å². The number of nitrogens with zero attached hydrogens (tertiary/aromatic N) is 2. The molecule has 0 amide bonds. The molecule has 13 heavy (non-hydrogen) atoms. The lowest BCUT2D eigenvalue weighted by Gasteiger charge is -2.23. The van der Waals surface area contributed by atoms with E-state index in [4.69, 9.17) is 10.9 Å². The number of hydrogen-bond donors (Lipinski definition) is 2. The first kappa shape index (κ1) is 12.2. The van der Waals surface area contributed by atoms with E-state index in [1.165, 1.54) is 12.8 Å². The van der Waals surface area contributed by atoms with E-state index in [0.717, 1.165) is 13.0 Å². The summed E-state index contributed by atoms with van der Waals surface area (Å²) in [6, 6.07) is 0.0156. The Kier molecular flexibility index (Phi) is 6.32. The number of amidine groups is 1. The first-order chi connectivity index (χ1) is 6.13. The minimum atomic E-state index is 0.0156. The molecule has 4 nitrogen and oxygen atoms in total. The largest absolute Gasteiger partial charge is 0.409 e. The molecule has 0 rings (SSSR count). The molecule has 0 saturated carbocycles. The van der Waals surface area contributed by atoms with Crippen molar-refractivity contribution < 1.29 is 5.21 Å². The van der Waals surface area contributed by atoms with Gasteiger partial charge >= 0.3 is 0 Å². The van der Waals surface area contributed by atoms with Crippen molar-refractivity contribution in [2.24, 2.45) is 10.9 Å². The molecule has 0 fully saturated rings. The maximum Gasteiger partial charge on any atom is 0.156 e. The van der Waals surface area contributed by atoms with Crippen LogP contribution in [-0.2, 0) is 0 Å². The summed E-state index contributed by atoms with van der Waals surface area (Å²) in [6.07, 6.45) is 3.61. The van der Waals surface area contributed by atoms with E-state index in [9.17, 15) is 0 Å². The summed E-state index contributed by atoms with van der Waals surface area (Å²) in [5, 5.41) is 11.5. The van der Waals surface area contributed by atoms with E-state index < -0.39 is 0 Å². The van der Waals surface area contributed by atoms with Crippen molar-refractivity contribution in [1.29, 1.82) is 0 Å². The predicted molar refractivity (Wildman–Crippen MR) is 55.0 cm³/mol. The van der Waals surface area contributed by atoms with Gasteiger partial charge in [-0.2, -0.15) is 0 Å². The Labute approximate surface area is 80.4 Å². The second-order valence-electron chi connectivity index (χ2n) is 3.39. The molecule has 78 valence electrons. The third kappa shape index (κ3) is 4.72. The predicted octanol–water partition coefficient (Wildman–Crippen LogP) is 1.24. The van der Waals surface area contributed by atoms with Gasteiger partial charge in [0.1, 0.15) is 0 Å². The summed E-state index contributed by atoms with van der Waals surface area (Å²) < 4.78 is 0. The van der Waals surface area contributed by atoms with Crippen LogP contribution in [0, 0.1) is 0 Å². The standard InChI is InChI=1S/C9H21N3O/c1-4-5-6-7-12(3)8(2)9(10)11-13/h8,13H,4-7H2,1-3H3,(H2,10,11). The van der Waals surface area contributed by atoms with Crippen molar-refractivity contribution in [3.63, 3.8) is 0 Å². The van der Waals surface area contributed by atoms with Crippen molar-refractivity contribution in [1.82, 2.24) is 4.90 Å². The quantitative estimate of drug-likeness (QED) is 0.216. The van der Waals surface area contributed by atoms with Gasteiger partial charge in [0.2, 0.25) is 0 Å². The molecule has 0 aliphatic rings. The van der Waals surface area contributed by atoms with Crippen molar-refractivity contribution in [2.45, 2.75) is 39.2 Å². The van der Waals surface area contributed by atoms with Gasteiger partial charge in [-0.25, -0.2) is 0 Å². The molecule has 0 saturated heterocycles. The Morgan fingerprint density at radius 3 is 2.62 bits per heavy atom. The van der Waals surface area contributed by atoms with Gasteiger partial charge in [0.15, 0.2) is 5.84 Å². The summed E-state index contributed by atoms with van der Waals surface area (Å²) in [6.45, 7) is 5.10. The monoisotopic (exact) mass is 187 g/mol. The number of oxime groups is 1. The normalized spacial score (nSPS) is 14.9. The topological polar surface area (TPSA) is 61.8 Å². The van der Waals surface area contributed by atoms with Gasteiger partial charge in [-0.3, -0.25) is 4.90 Å². The zero-order valence-corrected chi connectivity index (χ0v) is 8.82. The SMILES string of the molecule is CCCCCN(C)C(C)C(N)=NO. The molecule has 0 aromatic rings. The maximum absolute atomic E-state index is 8.46. The summed E-state index contributed by atoms with van der Waals surface area (Å²) >= 11 is 0. The number of nitrogens with two attached hydrogens (primary N) is 1. The second kappa shape index (κ2) is 6.71. The molecule has 1 atom stereocenters. The van der Waals surface area contributed by atoms with Crippen LogP contribution in [0.15, 0.2) is 5.16 Å². The van der Waals surface area contributed by atoms with Gasteiger partial charge < -0.3 is 10.9 Å². The summed E-state index contributed by atoms with van der Waals surface area (Å²) in [5.41, 5.74) is 5.48. The Hall–Kier alpha value is -0.770. The van der Waals surface area contributed by atoms with Gasteiger partial charge in [-0.1, -0.05) is 24.9 Å². The summed E-state index contributed by atoms with van der Waals surface area (Å²) in [4.78, 5) is 2.09. The van der Waals surface area contributed by atoms with E-state index in [0.29, 0.717) is 0 Å². The Morgan fingerprint density at radius 2 is 2.15 bits per heavy atom. The van der Waals surface area contributed by atoms with E-state index in [1.54, 1.807) is 0 Å². The molecular weight excluding hydrogens is 166 g/mol. The lowest BCUT2D eigenvalue weighted by molar-refractivity contribution is 0.280. The Morgan fingerprint density at radius 1 is 1.54 bits per heavy atom. The molecule has 0 aliphatic heterocycles. The van der Waals surface area contributed by atoms with E-state index in [-0.39, 0.29) is 11.9 Å². The van der Waals surface area contributed by atoms with Crippen molar-refractivity contribution in [3.8, 4) is 0 Å². The zero-order chi connectivity index (χ0) is 10.3. The van der Waals surface area contributed by atoms with Crippen LogP contribution in [0.5, 0.6) is 0 Å². The molecule has 0 aliphatic carbocycles. The highest BCUT2D eigenvalue weighted by Crippen LogP contribution is 2.00. The first-order valence-corrected chi connectivity index (χ1v) is 4.81. The first-order valence-electron chi connectivity index (χ1n) is 4.81. The summed E-state index contributed by atoms with van der Waals surface area (Å²) in [5.74, 6) is 0.277. The van der Waals surface area contributed by atoms with E-state index >= 15 is 0 Å². The Bertz CT molecular complexity index is 159. The average Bonchev–Trinajstić information content (AvgIpc) is 2.15. The van der Waals surface area contributed by atoms with Crippen LogP contribution >= 0.6 is 0 Å². The smallest absolute Gasteiger partial charge is 0.156 e. The van der Waals surface area contributed by atoms with Crippen molar-refractivity contribution >= 4 is 5.84 Å². The van der Waals surface area contributed by atoms with Gasteiger partial charge in [0, 0.05) is 0 Å². The fraction of sp³-hybridized carbons (Fsp3) is 0.889. The number of hydrogen-bond acceptors (Lipinski definition) is 3. The average molecular weight is 187 g/mol. The van der Waals surface area contributed by atoms with Crippen molar-refractivity contribution in [3.05, 3.63) is 0 Å². The van der Waals surface area contributed by atoms with Crippen molar-refractivity contribution in [2.75, 3.05) is 13.6 Å². The number of unbranched alkanes of at least 4 members (excludes halogenated alkanes) is 2. The van der Waals surface area contributed by atoms with E-state index in [1.807, 2.05) is 14.0 Å². The molecule has 0 bridgehead atoms. The van der Waals surface area contributed by atoms with Gasteiger partial charge in [0.25, 0.3) is 0 Å². The van der Waals surface area contributed by atoms with Crippen LogP contribution in [0.3, 0.4) is 0 Å². The van der Waals surface area contributed by atoms with Crippen LogP contribution in [-0.4, -0.2) is 35.6 Å². The zero-order valence-electron chi connectivity index (χ0n) is 8.82. The molecular formula is C9H21N3O. The molecule has 0 spiro atoms. The van der Waals surface area contributed by atoms with E-state index in [2.05, 4.69) is 17.0 Å². The van der Waals surface area contributed by atoms with Crippen LogP contribution in [0.4, 0.5) is 0 Å². The molecule has 1 unspecified atom stereocenters. The van der Waals surface area contributed by atoms with Crippen LogP contribution in [0.1, 0.15) is 33.1 Å². The van der Waals surface area contributed by atoms with Gasteiger partial charge in [0.05, 0.1) is 6.04 Å². The third-order valence-electron chi connectivity index (χ3n) is 2.32. The lowest BCUT2D eigenvalue weighted by Crippen LogP contribution is -2.40. The molecule has 0 aromatic carbocycles. The molecule has 0 radical (unpaired) electrons. The molecule has 0 heterocycles. The minimum Gasteiger partial charge on any atom is -0.409 e. The highest BCUT2D eigenvalue weighted by molar-refractivity contribution is 5.84. The molecule has 0 aromatic heterocycles.